The molecule has 0 amide bonds. The highest BCUT2D eigenvalue weighted by atomic mass is 35.5. The van der Waals surface area contributed by atoms with Crippen LogP contribution < -0.4 is 4.74 Å². The molecule has 3 aromatic rings. The SMILES string of the molecule is FC(F)(F)COc1ccc(-c2cn3c(C(F)(F)Cl)nnc3cn2)cn1. The van der Waals surface area contributed by atoms with E-state index < -0.39 is 24.0 Å². The van der Waals surface area contributed by atoms with Gasteiger partial charge in [-0.25, -0.2) is 4.98 Å². The Hall–Kier alpha value is -2.56. The molecule has 3 heterocycles. The Morgan fingerprint density at radius 3 is 2.40 bits per heavy atom. The molecule has 132 valence electrons. The molecule has 3 rings (SSSR count). The summed E-state index contributed by atoms with van der Waals surface area (Å²) < 4.78 is 68.3. The predicted molar refractivity (Wildman–Crippen MR) is 75.3 cm³/mol. The summed E-state index contributed by atoms with van der Waals surface area (Å²) in [7, 11) is 0. The molecule has 0 saturated carbocycles. The summed E-state index contributed by atoms with van der Waals surface area (Å²) in [5.41, 5.74) is 0.625. The first-order valence-electron chi connectivity index (χ1n) is 6.57. The molecule has 25 heavy (non-hydrogen) atoms. The maximum Gasteiger partial charge on any atom is 0.422 e. The quantitative estimate of drug-likeness (QED) is 0.513. The van der Waals surface area contributed by atoms with Crippen molar-refractivity contribution in [2.75, 3.05) is 6.61 Å². The van der Waals surface area contributed by atoms with Gasteiger partial charge in [0.2, 0.25) is 11.7 Å². The summed E-state index contributed by atoms with van der Waals surface area (Å²) >= 11 is 4.97. The van der Waals surface area contributed by atoms with Crippen molar-refractivity contribution in [2.45, 2.75) is 11.6 Å². The van der Waals surface area contributed by atoms with Gasteiger partial charge in [-0.05, 0) is 17.7 Å². The second-order valence-electron chi connectivity index (χ2n) is 4.81. The van der Waals surface area contributed by atoms with Crippen LogP contribution in [0.3, 0.4) is 0 Å². The molecule has 0 aliphatic heterocycles. The van der Waals surface area contributed by atoms with Crippen LogP contribution >= 0.6 is 11.6 Å². The summed E-state index contributed by atoms with van der Waals surface area (Å²) in [5, 5.41) is 3.11. The maximum atomic E-state index is 13.3. The number of pyridine rings is 1. The predicted octanol–water partition coefficient (Wildman–Crippen LogP) is 3.42. The molecule has 0 unspecified atom stereocenters. The largest absolute Gasteiger partial charge is 0.468 e. The molecule has 0 aliphatic rings. The van der Waals surface area contributed by atoms with Gasteiger partial charge in [0.25, 0.3) is 0 Å². The average molecular weight is 380 g/mol. The van der Waals surface area contributed by atoms with Gasteiger partial charge in [0.15, 0.2) is 12.3 Å². The lowest BCUT2D eigenvalue weighted by Crippen LogP contribution is -2.19. The fourth-order valence-electron chi connectivity index (χ4n) is 1.92. The minimum absolute atomic E-state index is 0.0529. The lowest BCUT2D eigenvalue weighted by atomic mass is 10.2. The van der Waals surface area contributed by atoms with Crippen molar-refractivity contribution in [1.82, 2.24) is 24.6 Å². The normalized spacial score (nSPS) is 12.6. The van der Waals surface area contributed by atoms with E-state index in [2.05, 4.69) is 24.9 Å². The van der Waals surface area contributed by atoms with E-state index in [4.69, 9.17) is 11.6 Å². The lowest BCUT2D eigenvalue weighted by Gasteiger charge is -2.09. The topological polar surface area (TPSA) is 65.2 Å². The highest BCUT2D eigenvalue weighted by molar-refractivity contribution is 6.21. The minimum Gasteiger partial charge on any atom is -0.468 e. The van der Waals surface area contributed by atoms with Gasteiger partial charge in [0.05, 0.1) is 11.9 Å². The van der Waals surface area contributed by atoms with Crippen molar-refractivity contribution in [3.05, 3.63) is 36.5 Å². The lowest BCUT2D eigenvalue weighted by molar-refractivity contribution is -0.154. The molecule has 0 aliphatic carbocycles. The van der Waals surface area contributed by atoms with Gasteiger partial charge in [0.1, 0.15) is 0 Å². The number of alkyl halides is 6. The third-order valence-electron chi connectivity index (χ3n) is 2.96. The van der Waals surface area contributed by atoms with Crippen LogP contribution in [-0.4, -0.2) is 37.3 Å². The average Bonchev–Trinajstić information content (AvgIpc) is 2.96. The summed E-state index contributed by atoms with van der Waals surface area (Å²) in [5.74, 6) is -1.02. The van der Waals surface area contributed by atoms with Crippen LogP contribution in [0, 0.1) is 0 Å². The third kappa shape index (κ3) is 3.92. The van der Waals surface area contributed by atoms with E-state index in [-0.39, 0.29) is 17.2 Å². The molecule has 0 saturated heterocycles. The standard InChI is InChI=1S/C13H7ClF5N5O/c14-13(18,19)11-23-22-9-4-20-8(5-24(9)11)7-1-2-10(21-3-7)25-6-12(15,16)17/h1-5H,6H2. The van der Waals surface area contributed by atoms with E-state index in [0.29, 0.717) is 5.56 Å². The number of hydrogen-bond donors (Lipinski definition) is 0. The van der Waals surface area contributed by atoms with Crippen molar-refractivity contribution >= 4 is 17.2 Å². The summed E-state index contributed by atoms with van der Waals surface area (Å²) in [4.78, 5) is 7.74. The van der Waals surface area contributed by atoms with E-state index in [1.807, 2.05) is 0 Å². The molecule has 6 nitrogen and oxygen atoms in total. The molecule has 0 N–H and O–H groups in total. The van der Waals surface area contributed by atoms with E-state index in [0.717, 1.165) is 4.40 Å². The Labute approximate surface area is 141 Å². The molecular weight excluding hydrogens is 373 g/mol. The van der Waals surface area contributed by atoms with Crippen molar-refractivity contribution in [1.29, 1.82) is 0 Å². The van der Waals surface area contributed by atoms with Gasteiger partial charge in [0, 0.05) is 24.0 Å². The monoisotopic (exact) mass is 379 g/mol. The van der Waals surface area contributed by atoms with E-state index in [1.165, 1.54) is 30.7 Å². The molecular formula is C13H7ClF5N5O. The number of aromatic nitrogens is 5. The van der Waals surface area contributed by atoms with Crippen LogP contribution in [0.1, 0.15) is 5.82 Å². The number of ether oxygens (including phenoxy) is 1. The van der Waals surface area contributed by atoms with Crippen molar-refractivity contribution in [2.24, 2.45) is 0 Å². The summed E-state index contributed by atoms with van der Waals surface area (Å²) in [6, 6.07) is 2.59. The van der Waals surface area contributed by atoms with Gasteiger partial charge in [-0.3, -0.25) is 9.38 Å². The Balaban J connectivity index is 1.89. The van der Waals surface area contributed by atoms with Gasteiger partial charge in [-0.15, -0.1) is 10.2 Å². The summed E-state index contributed by atoms with van der Waals surface area (Å²) in [6.45, 7) is -1.47. The first-order chi connectivity index (χ1) is 11.6. The number of nitrogens with zero attached hydrogens (tertiary/aromatic N) is 5. The Bertz CT molecular complexity index is 890. The van der Waals surface area contributed by atoms with Crippen LogP contribution in [0.25, 0.3) is 16.9 Å². The van der Waals surface area contributed by atoms with Crippen LogP contribution in [0.15, 0.2) is 30.7 Å². The Morgan fingerprint density at radius 2 is 1.80 bits per heavy atom. The number of fused-ring (bicyclic) bond motifs is 1. The molecule has 0 fully saturated rings. The third-order valence-corrected chi connectivity index (χ3v) is 3.13. The highest BCUT2D eigenvalue weighted by Gasteiger charge is 2.34. The number of rotatable bonds is 4. The first kappa shape index (κ1) is 17.3. The zero-order valence-corrected chi connectivity index (χ0v) is 12.8. The molecule has 0 spiro atoms. The van der Waals surface area contributed by atoms with Crippen LogP contribution in [0.5, 0.6) is 5.88 Å². The zero-order valence-electron chi connectivity index (χ0n) is 12.0. The smallest absolute Gasteiger partial charge is 0.422 e. The van der Waals surface area contributed by atoms with Crippen LogP contribution in [-0.2, 0) is 5.38 Å². The zero-order chi connectivity index (χ0) is 18.2. The second kappa shape index (κ2) is 6.06. The first-order valence-corrected chi connectivity index (χ1v) is 6.95. The minimum atomic E-state index is -4.48. The van der Waals surface area contributed by atoms with Gasteiger partial charge in [-0.2, -0.15) is 22.0 Å². The van der Waals surface area contributed by atoms with E-state index in [9.17, 15) is 22.0 Å². The van der Waals surface area contributed by atoms with Gasteiger partial charge < -0.3 is 4.74 Å². The molecule has 12 heteroatoms. The highest BCUT2D eigenvalue weighted by Crippen LogP contribution is 2.31. The van der Waals surface area contributed by atoms with E-state index in [1.54, 1.807) is 0 Å². The van der Waals surface area contributed by atoms with Crippen LogP contribution in [0.4, 0.5) is 22.0 Å². The van der Waals surface area contributed by atoms with E-state index >= 15 is 0 Å². The second-order valence-corrected chi connectivity index (χ2v) is 5.29. The van der Waals surface area contributed by atoms with Crippen molar-refractivity contribution in [3.63, 3.8) is 0 Å². The fourth-order valence-corrected chi connectivity index (χ4v) is 2.05. The molecule has 3 aromatic heterocycles. The summed E-state index contributed by atoms with van der Waals surface area (Å²) in [6.07, 6.45) is -0.871. The molecule has 0 aromatic carbocycles. The van der Waals surface area contributed by atoms with Crippen LogP contribution in [0.2, 0.25) is 0 Å². The molecule has 0 atom stereocenters. The number of hydrogen-bond acceptors (Lipinski definition) is 5. The van der Waals surface area contributed by atoms with Crippen molar-refractivity contribution in [3.8, 4) is 17.1 Å². The Kier molecular flexibility index (Phi) is 4.19. The fraction of sp³-hybridized carbons (Fsp3) is 0.231. The van der Waals surface area contributed by atoms with Gasteiger partial charge in [-0.1, -0.05) is 0 Å². The number of halogens is 6. The Morgan fingerprint density at radius 1 is 1.04 bits per heavy atom. The maximum absolute atomic E-state index is 13.3. The van der Waals surface area contributed by atoms with Gasteiger partial charge >= 0.3 is 11.6 Å². The molecule has 0 bridgehead atoms. The molecule has 0 radical (unpaired) electrons. The van der Waals surface area contributed by atoms with Crippen molar-refractivity contribution < 1.29 is 26.7 Å².